The standard InChI is InChI=1S/C9H7Cl2NO2/c1-6(13)14-12-5-7-8(10)3-2-4-9(7)11/h2-5H,1H3/b12-5+. The minimum absolute atomic E-state index is 0.452. The van der Waals surface area contributed by atoms with Crippen LogP contribution in [-0.4, -0.2) is 12.2 Å². The fourth-order valence-corrected chi connectivity index (χ4v) is 1.28. The van der Waals surface area contributed by atoms with Crippen molar-refractivity contribution in [3.05, 3.63) is 33.8 Å². The van der Waals surface area contributed by atoms with Crippen LogP contribution in [0.15, 0.2) is 23.4 Å². The first-order valence-corrected chi connectivity index (χ1v) is 4.52. The molecule has 1 aromatic carbocycles. The summed E-state index contributed by atoms with van der Waals surface area (Å²) in [6.45, 7) is 1.26. The van der Waals surface area contributed by atoms with Crippen molar-refractivity contribution in [2.45, 2.75) is 6.92 Å². The van der Waals surface area contributed by atoms with Crippen LogP contribution in [0.25, 0.3) is 0 Å². The second-order valence-corrected chi connectivity index (χ2v) is 3.27. The first kappa shape index (κ1) is 11.0. The van der Waals surface area contributed by atoms with Crippen LogP contribution in [0.2, 0.25) is 10.0 Å². The summed E-state index contributed by atoms with van der Waals surface area (Å²) in [5.41, 5.74) is 0.525. The average Bonchev–Trinajstić information content (AvgIpc) is 2.09. The Labute approximate surface area is 91.3 Å². The average molecular weight is 232 g/mol. The van der Waals surface area contributed by atoms with Crippen LogP contribution in [0.1, 0.15) is 12.5 Å². The minimum Gasteiger partial charge on any atom is -0.319 e. The number of carbonyl (C=O) groups excluding carboxylic acids is 1. The predicted molar refractivity (Wildman–Crippen MR) is 55.8 cm³/mol. The zero-order valence-corrected chi connectivity index (χ0v) is 8.84. The van der Waals surface area contributed by atoms with Crippen molar-refractivity contribution in [2.75, 3.05) is 0 Å². The Hall–Kier alpha value is -1.06. The van der Waals surface area contributed by atoms with Gasteiger partial charge in [-0.1, -0.05) is 34.4 Å². The number of halogens is 2. The van der Waals surface area contributed by atoms with E-state index in [2.05, 4.69) is 9.99 Å². The lowest BCUT2D eigenvalue weighted by molar-refractivity contribution is -0.140. The van der Waals surface area contributed by atoms with E-state index in [9.17, 15) is 4.79 Å². The SMILES string of the molecule is CC(=O)O/N=C/c1c(Cl)cccc1Cl. The van der Waals surface area contributed by atoms with Gasteiger partial charge in [0.1, 0.15) is 0 Å². The molecule has 0 aromatic heterocycles. The molecule has 0 aliphatic carbocycles. The zero-order chi connectivity index (χ0) is 10.6. The summed E-state index contributed by atoms with van der Waals surface area (Å²) < 4.78 is 0. The van der Waals surface area contributed by atoms with Crippen LogP contribution >= 0.6 is 23.2 Å². The number of hydrogen-bond donors (Lipinski definition) is 0. The summed E-state index contributed by atoms with van der Waals surface area (Å²) in [7, 11) is 0. The second-order valence-electron chi connectivity index (χ2n) is 2.45. The molecule has 0 saturated heterocycles. The third kappa shape index (κ3) is 3.01. The van der Waals surface area contributed by atoms with Crippen molar-refractivity contribution in [3.63, 3.8) is 0 Å². The largest absolute Gasteiger partial charge is 0.331 e. The monoisotopic (exact) mass is 231 g/mol. The topological polar surface area (TPSA) is 38.7 Å². The molecule has 0 fully saturated rings. The van der Waals surface area contributed by atoms with Crippen LogP contribution in [0.3, 0.4) is 0 Å². The molecule has 5 heteroatoms. The molecule has 1 aromatic rings. The van der Waals surface area contributed by atoms with Crippen molar-refractivity contribution in [3.8, 4) is 0 Å². The minimum atomic E-state index is -0.496. The second kappa shape index (κ2) is 4.98. The number of hydrogen-bond acceptors (Lipinski definition) is 3. The van der Waals surface area contributed by atoms with Crippen LogP contribution in [0, 0.1) is 0 Å². The van der Waals surface area contributed by atoms with Crippen molar-refractivity contribution < 1.29 is 9.63 Å². The summed E-state index contributed by atoms with van der Waals surface area (Å²) >= 11 is 11.7. The molecule has 0 N–H and O–H groups in total. The van der Waals surface area contributed by atoms with E-state index >= 15 is 0 Å². The van der Waals surface area contributed by atoms with Crippen LogP contribution in [-0.2, 0) is 9.63 Å². The molecule has 0 aliphatic rings. The zero-order valence-electron chi connectivity index (χ0n) is 7.33. The number of benzene rings is 1. The molecular formula is C9H7Cl2NO2. The molecule has 0 spiro atoms. The molecule has 0 bridgehead atoms. The normalized spacial score (nSPS) is 10.5. The van der Waals surface area contributed by atoms with Crippen LogP contribution in [0.4, 0.5) is 0 Å². The number of carbonyl (C=O) groups is 1. The van der Waals surface area contributed by atoms with Gasteiger partial charge in [-0.25, -0.2) is 4.79 Å². The number of nitrogens with zero attached hydrogens (tertiary/aromatic N) is 1. The molecule has 0 heterocycles. The van der Waals surface area contributed by atoms with Crippen LogP contribution in [0.5, 0.6) is 0 Å². The number of rotatable bonds is 2. The van der Waals surface area contributed by atoms with Gasteiger partial charge >= 0.3 is 5.97 Å². The highest BCUT2D eigenvalue weighted by Gasteiger charge is 2.02. The van der Waals surface area contributed by atoms with E-state index in [1.165, 1.54) is 13.1 Å². The lowest BCUT2D eigenvalue weighted by Gasteiger charge is -1.99. The van der Waals surface area contributed by atoms with Gasteiger partial charge in [-0.05, 0) is 12.1 Å². The maximum Gasteiger partial charge on any atom is 0.331 e. The van der Waals surface area contributed by atoms with Gasteiger partial charge in [0.05, 0.1) is 16.3 Å². The van der Waals surface area contributed by atoms with Gasteiger partial charge in [-0.15, -0.1) is 0 Å². The van der Waals surface area contributed by atoms with Crippen molar-refractivity contribution in [1.82, 2.24) is 0 Å². The molecule has 0 amide bonds. The maximum absolute atomic E-state index is 10.4. The molecular weight excluding hydrogens is 225 g/mol. The highest BCUT2D eigenvalue weighted by molar-refractivity contribution is 6.38. The Bertz CT molecular complexity index is 357. The van der Waals surface area contributed by atoms with Crippen LogP contribution < -0.4 is 0 Å². The van der Waals surface area contributed by atoms with Crippen molar-refractivity contribution in [2.24, 2.45) is 5.16 Å². The summed E-state index contributed by atoms with van der Waals surface area (Å²) in [6.07, 6.45) is 1.30. The Morgan fingerprint density at radius 1 is 1.43 bits per heavy atom. The summed E-state index contributed by atoms with van der Waals surface area (Å²) in [6, 6.07) is 5.05. The molecule has 0 radical (unpaired) electrons. The summed E-state index contributed by atoms with van der Waals surface area (Å²) in [5, 5.41) is 4.32. The maximum atomic E-state index is 10.4. The Morgan fingerprint density at radius 3 is 2.50 bits per heavy atom. The fraction of sp³-hybridized carbons (Fsp3) is 0.111. The van der Waals surface area contributed by atoms with Gasteiger partial charge in [0.25, 0.3) is 0 Å². The molecule has 14 heavy (non-hydrogen) atoms. The molecule has 3 nitrogen and oxygen atoms in total. The fourth-order valence-electron chi connectivity index (χ4n) is 0.787. The molecule has 74 valence electrons. The third-order valence-electron chi connectivity index (χ3n) is 1.36. The smallest absolute Gasteiger partial charge is 0.319 e. The highest BCUT2D eigenvalue weighted by Crippen LogP contribution is 2.22. The van der Waals surface area contributed by atoms with Gasteiger partial charge < -0.3 is 4.84 Å². The van der Waals surface area contributed by atoms with E-state index in [-0.39, 0.29) is 0 Å². The van der Waals surface area contributed by atoms with E-state index in [1.807, 2.05) is 0 Å². The van der Waals surface area contributed by atoms with Gasteiger partial charge in [0, 0.05) is 12.5 Å². The molecule has 0 unspecified atom stereocenters. The number of oxime groups is 1. The summed E-state index contributed by atoms with van der Waals surface area (Å²) in [5.74, 6) is -0.496. The van der Waals surface area contributed by atoms with E-state index in [4.69, 9.17) is 23.2 Å². The lowest BCUT2D eigenvalue weighted by atomic mass is 10.2. The van der Waals surface area contributed by atoms with Crippen molar-refractivity contribution >= 4 is 35.4 Å². The van der Waals surface area contributed by atoms with Gasteiger partial charge in [0.2, 0.25) is 0 Å². The summed E-state index contributed by atoms with van der Waals surface area (Å²) in [4.78, 5) is 14.8. The molecule has 0 saturated carbocycles. The van der Waals surface area contributed by atoms with Gasteiger partial charge in [0.15, 0.2) is 0 Å². The molecule has 0 atom stereocenters. The van der Waals surface area contributed by atoms with E-state index in [0.717, 1.165) is 0 Å². The lowest BCUT2D eigenvalue weighted by Crippen LogP contribution is -1.92. The predicted octanol–water partition coefficient (Wildman–Crippen LogP) is 2.89. The van der Waals surface area contributed by atoms with Gasteiger partial charge in [-0.3, -0.25) is 0 Å². The van der Waals surface area contributed by atoms with Gasteiger partial charge in [-0.2, -0.15) is 0 Å². The Morgan fingerprint density at radius 2 is 2.00 bits per heavy atom. The Kier molecular flexibility index (Phi) is 3.92. The van der Waals surface area contributed by atoms with E-state index in [0.29, 0.717) is 15.6 Å². The molecule has 0 aliphatic heterocycles. The Balaban J connectivity index is 2.85. The highest BCUT2D eigenvalue weighted by atomic mass is 35.5. The third-order valence-corrected chi connectivity index (χ3v) is 2.02. The first-order chi connectivity index (χ1) is 6.61. The quantitative estimate of drug-likeness (QED) is 0.446. The van der Waals surface area contributed by atoms with E-state index < -0.39 is 5.97 Å². The van der Waals surface area contributed by atoms with Crippen molar-refractivity contribution in [1.29, 1.82) is 0 Å². The first-order valence-electron chi connectivity index (χ1n) is 3.76. The molecule has 1 rings (SSSR count). The van der Waals surface area contributed by atoms with E-state index in [1.54, 1.807) is 18.2 Å².